The Bertz CT molecular complexity index is 1300. The summed E-state index contributed by atoms with van der Waals surface area (Å²) in [6.45, 7) is 2.64. The molecule has 0 unspecified atom stereocenters. The summed E-state index contributed by atoms with van der Waals surface area (Å²) in [5.41, 5.74) is 10.7. The number of fused-ring (bicyclic) bond motifs is 2. The number of para-hydroxylation sites is 1. The third kappa shape index (κ3) is 4.07. The van der Waals surface area contributed by atoms with Gasteiger partial charge in [-0.2, -0.15) is 0 Å². The predicted octanol–water partition coefficient (Wildman–Crippen LogP) is 6.00. The number of aromatic nitrogens is 1. The van der Waals surface area contributed by atoms with Crippen molar-refractivity contribution in [1.82, 2.24) is 9.88 Å². The van der Waals surface area contributed by atoms with Gasteiger partial charge in [0, 0.05) is 37.1 Å². The topological polar surface area (TPSA) is 71.2 Å². The van der Waals surface area contributed by atoms with Gasteiger partial charge in [0.2, 0.25) is 0 Å². The van der Waals surface area contributed by atoms with E-state index in [0.717, 1.165) is 47.5 Å². The highest BCUT2D eigenvalue weighted by Gasteiger charge is 2.23. The molecule has 5 rings (SSSR count). The van der Waals surface area contributed by atoms with Gasteiger partial charge in [0.25, 0.3) is 5.91 Å². The fourth-order valence-electron chi connectivity index (χ4n) is 3.99. The lowest BCUT2D eigenvalue weighted by atomic mass is 10.0. The van der Waals surface area contributed by atoms with Crippen molar-refractivity contribution in [2.45, 2.75) is 19.5 Å². The highest BCUT2D eigenvalue weighted by molar-refractivity contribution is 7.21. The van der Waals surface area contributed by atoms with Crippen LogP contribution in [0, 0.1) is 0 Å². The molecule has 8 heteroatoms. The summed E-state index contributed by atoms with van der Waals surface area (Å²) in [7, 11) is 0. The molecule has 0 saturated heterocycles. The largest absolute Gasteiger partial charge is 0.397 e. The Morgan fingerprint density at radius 2 is 1.88 bits per heavy atom. The Balaban J connectivity index is 1.42. The fraction of sp³-hybridized carbons (Fsp3) is 0.167. The first-order valence-electron chi connectivity index (χ1n) is 10.2. The first-order chi connectivity index (χ1) is 15.5. The minimum absolute atomic E-state index is 0.343. The van der Waals surface area contributed by atoms with Crippen molar-refractivity contribution in [3.63, 3.8) is 0 Å². The number of nitrogens with zero attached hydrogens (tertiary/aromatic N) is 2. The fourth-order valence-corrected chi connectivity index (χ4v) is 5.47. The van der Waals surface area contributed by atoms with Crippen molar-refractivity contribution in [3.05, 3.63) is 86.3 Å². The number of carbonyl (C=O) groups excluding carboxylic acids is 1. The number of carbonyl (C=O) groups is 1. The molecule has 3 N–H and O–H groups in total. The van der Waals surface area contributed by atoms with Crippen molar-refractivity contribution in [2.75, 3.05) is 17.6 Å². The van der Waals surface area contributed by atoms with Crippen LogP contribution in [0.3, 0.4) is 0 Å². The van der Waals surface area contributed by atoms with Crippen molar-refractivity contribution in [2.24, 2.45) is 0 Å². The van der Waals surface area contributed by atoms with Gasteiger partial charge in [0.05, 0.1) is 21.4 Å². The van der Waals surface area contributed by atoms with Gasteiger partial charge in [0.15, 0.2) is 0 Å². The molecule has 0 spiro atoms. The zero-order chi connectivity index (χ0) is 22.2. The first-order valence-corrected chi connectivity index (χ1v) is 11.8. The molecule has 32 heavy (non-hydrogen) atoms. The van der Waals surface area contributed by atoms with Gasteiger partial charge < -0.3 is 11.1 Å². The third-order valence-electron chi connectivity index (χ3n) is 5.60. The molecule has 5 nitrogen and oxygen atoms in total. The lowest BCUT2D eigenvalue weighted by Crippen LogP contribution is -2.30. The van der Waals surface area contributed by atoms with Gasteiger partial charge >= 0.3 is 0 Å². The molecule has 2 aromatic heterocycles. The summed E-state index contributed by atoms with van der Waals surface area (Å²) in [6, 6.07) is 17.6. The Morgan fingerprint density at radius 3 is 2.62 bits per heavy atom. The number of thiophene rings is 1. The van der Waals surface area contributed by atoms with Crippen LogP contribution in [0.4, 0.5) is 11.4 Å². The lowest BCUT2D eigenvalue weighted by molar-refractivity contribution is 0.103. The van der Waals surface area contributed by atoms with Gasteiger partial charge in [-0.05, 0) is 29.3 Å². The first kappa shape index (κ1) is 21.2. The number of pyridine rings is 1. The molecule has 0 aliphatic carbocycles. The number of anilines is 2. The molecule has 0 saturated carbocycles. The molecule has 162 valence electrons. The van der Waals surface area contributed by atoms with E-state index in [1.54, 1.807) is 18.2 Å². The number of amides is 1. The van der Waals surface area contributed by atoms with Crippen molar-refractivity contribution in [3.8, 4) is 0 Å². The second-order valence-corrected chi connectivity index (χ2v) is 9.60. The van der Waals surface area contributed by atoms with Crippen LogP contribution >= 0.6 is 34.5 Å². The van der Waals surface area contributed by atoms with Gasteiger partial charge in [-0.25, -0.2) is 4.98 Å². The molecule has 1 aliphatic rings. The van der Waals surface area contributed by atoms with Crippen LogP contribution in [0.1, 0.15) is 26.5 Å². The zero-order valence-corrected chi connectivity index (χ0v) is 19.4. The van der Waals surface area contributed by atoms with Crippen LogP contribution in [0.25, 0.3) is 10.2 Å². The van der Waals surface area contributed by atoms with Crippen molar-refractivity contribution < 1.29 is 4.79 Å². The second kappa shape index (κ2) is 8.71. The minimum atomic E-state index is -0.343. The molecule has 1 amide bonds. The smallest absolute Gasteiger partial charge is 0.268 e. The maximum Gasteiger partial charge on any atom is 0.268 e. The molecule has 1 aliphatic heterocycles. The summed E-state index contributed by atoms with van der Waals surface area (Å²) in [4.78, 5) is 21.4. The molecular weight excluding hydrogens is 463 g/mol. The highest BCUT2D eigenvalue weighted by atomic mass is 35.5. The van der Waals surface area contributed by atoms with E-state index in [-0.39, 0.29) is 5.91 Å². The van der Waals surface area contributed by atoms with Crippen LogP contribution in [0.5, 0.6) is 0 Å². The van der Waals surface area contributed by atoms with Gasteiger partial charge in [-0.15, -0.1) is 11.3 Å². The average molecular weight is 483 g/mol. The number of rotatable bonds is 4. The van der Waals surface area contributed by atoms with E-state index >= 15 is 0 Å². The number of nitrogens with two attached hydrogens (primary N) is 1. The molecule has 2 aromatic carbocycles. The summed E-state index contributed by atoms with van der Waals surface area (Å²) >= 11 is 13.7. The summed E-state index contributed by atoms with van der Waals surface area (Å²) < 4.78 is 0. The van der Waals surface area contributed by atoms with Crippen LogP contribution in [0.2, 0.25) is 10.0 Å². The number of nitrogen functional groups attached to an aromatic ring is 1. The van der Waals surface area contributed by atoms with E-state index in [1.807, 2.05) is 6.07 Å². The van der Waals surface area contributed by atoms with Gasteiger partial charge in [-0.3, -0.25) is 9.69 Å². The van der Waals surface area contributed by atoms with Crippen molar-refractivity contribution >= 4 is 62.0 Å². The van der Waals surface area contributed by atoms with E-state index in [1.165, 1.54) is 16.9 Å². The van der Waals surface area contributed by atoms with E-state index < -0.39 is 0 Å². The molecule has 4 aromatic rings. The van der Waals surface area contributed by atoms with E-state index in [9.17, 15) is 4.79 Å². The Morgan fingerprint density at radius 1 is 1.12 bits per heavy atom. The summed E-state index contributed by atoms with van der Waals surface area (Å²) in [5, 5.41) is 4.35. The quantitative estimate of drug-likeness (QED) is 0.374. The normalized spacial score (nSPS) is 13.8. The maximum atomic E-state index is 13.0. The standard InChI is InChI=1S/C24H20Cl2N4OS/c25-17-7-4-8-18(26)21(17)29-23(31)22-20(27)16-11-15-13-30(12-14-5-2-1-3-6-14)10-9-19(15)28-24(16)32-22/h1-8,11H,9-10,12-13,27H2,(H,29,31). The molecule has 0 atom stereocenters. The Hall–Kier alpha value is -2.64. The lowest BCUT2D eigenvalue weighted by Gasteiger charge is -2.28. The summed E-state index contributed by atoms with van der Waals surface area (Å²) in [5.74, 6) is -0.343. The monoisotopic (exact) mass is 482 g/mol. The van der Waals surface area contributed by atoms with E-state index in [2.05, 4.69) is 40.5 Å². The second-order valence-electron chi connectivity index (χ2n) is 7.79. The minimum Gasteiger partial charge on any atom is -0.397 e. The van der Waals surface area contributed by atoms with Crippen LogP contribution in [-0.2, 0) is 19.5 Å². The van der Waals surface area contributed by atoms with E-state index in [4.69, 9.17) is 33.9 Å². The molecular formula is C24H20Cl2N4OS. The zero-order valence-electron chi connectivity index (χ0n) is 17.1. The molecule has 0 radical (unpaired) electrons. The number of hydrogen-bond donors (Lipinski definition) is 2. The summed E-state index contributed by atoms with van der Waals surface area (Å²) in [6.07, 6.45) is 0.868. The van der Waals surface area contributed by atoms with Gasteiger partial charge in [0.1, 0.15) is 9.71 Å². The van der Waals surface area contributed by atoms with Crippen molar-refractivity contribution in [1.29, 1.82) is 0 Å². The van der Waals surface area contributed by atoms with E-state index in [0.29, 0.717) is 26.3 Å². The average Bonchev–Trinajstić information content (AvgIpc) is 3.11. The number of halogens is 2. The highest BCUT2D eigenvalue weighted by Crippen LogP contribution is 2.37. The Kier molecular flexibility index (Phi) is 5.78. The molecule has 0 bridgehead atoms. The number of nitrogens with one attached hydrogen (secondary N) is 1. The predicted molar refractivity (Wildman–Crippen MR) is 133 cm³/mol. The molecule has 0 fully saturated rings. The molecule has 3 heterocycles. The Labute approximate surface area is 199 Å². The van der Waals surface area contributed by atoms with Gasteiger partial charge in [-0.1, -0.05) is 59.6 Å². The number of benzene rings is 2. The SMILES string of the molecule is Nc1c(C(=O)Nc2c(Cl)cccc2Cl)sc2nc3c(cc12)CN(Cc1ccccc1)CC3. The number of hydrogen-bond acceptors (Lipinski definition) is 5. The third-order valence-corrected chi connectivity index (χ3v) is 7.35. The van der Waals surface area contributed by atoms with Crippen LogP contribution in [0.15, 0.2) is 54.6 Å². The maximum absolute atomic E-state index is 13.0. The van der Waals surface area contributed by atoms with Crippen LogP contribution in [-0.4, -0.2) is 22.3 Å². The van der Waals surface area contributed by atoms with Crippen LogP contribution < -0.4 is 11.1 Å².